The zero-order valence-electron chi connectivity index (χ0n) is 20.4. The molecule has 2 heterocycles. The molecule has 0 bridgehead atoms. The summed E-state index contributed by atoms with van der Waals surface area (Å²) in [6, 6.07) is 7.34. The van der Waals surface area contributed by atoms with Crippen LogP contribution in [0.5, 0.6) is 0 Å². The van der Waals surface area contributed by atoms with Gasteiger partial charge in [0.25, 0.3) is 5.91 Å². The minimum absolute atomic E-state index is 0.0141. The summed E-state index contributed by atoms with van der Waals surface area (Å²) >= 11 is 0. The van der Waals surface area contributed by atoms with E-state index >= 15 is 0 Å². The molecule has 1 aromatic carbocycles. The molecule has 4 rings (SSSR count). The second-order valence-electron chi connectivity index (χ2n) is 10.4. The minimum Gasteiger partial charge on any atom is -0.422 e. The fourth-order valence-corrected chi connectivity index (χ4v) is 4.91. The fraction of sp³-hybridized carbons (Fsp3) is 0.500. The molecule has 1 N–H and O–H groups in total. The fourth-order valence-electron chi connectivity index (χ4n) is 3.57. The Morgan fingerprint density at radius 2 is 1.88 bits per heavy atom. The number of amides is 1. The third-order valence-electron chi connectivity index (χ3n) is 6.78. The molecule has 1 fully saturated rings. The van der Waals surface area contributed by atoms with Gasteiger partial charge in [-0.3, -0.25) is 4.79 Å². The number of hydrogen-bond donors (Lipinski definition) is 1. The predicted molar refractivity (Wildman–Crippen MR) is 126 cm³/mol. The Kier molecular flexibility index (Phi) is 6.47. The number of carbonyl (C=O) groups is 1. The minimum atomic E-state index is -1.95. The zero-order valence-corrected chi connectivity index (χ0v) is 21.4. The van der Waals surface area contributed by atoms with Crippen molar-refractivity contribution >= 4 is 14.2 Å². The Balaban J connectivity index is 1.29. The number of halogens is 1. The van der Waals surface area contributed by atoms with Crippen LogP contribution in [-0.2, 0) is 4.43 Å². The van der Waals surface area contributed by atoms with Crippen LogP contribution in [-0.4, -0.2) is 35.6 Å². The summed E-state index contributed by atoms with van der Waals surface area (Å²) in [5.41, 5.74) is 0.829. The topological polar surface area (TPSA) is 103 Å². The number of nitrogens with zero attached hydrogens (tertiary/aromatic N) is 3. The SMILES string of the molecule is C[C@@H](O[Si](C)(C)C(C)(C)C)c1nnc([C@H]2C[C@H](NC(=O)c3cc(-c4ccc(F)cc4)on3)C2)o1. The highest BCUT2D eigenvalue weighted by Crippen LogP contribution is 2.40. The Morgan fingerprint density at radius 3 is 2.53 bits per heavy atom. The van der Waals surface area contributed by atoms with Gasteiger partial charge in [-0.1, -0.05) is 25.9 Å². The van der Waals surface area contributed by atoms with Gasteiger partial charge >= 0.3 is 0 Å². The van der Waals surface area contributed by atoms with Crippen LogP contribution in [0, 0.1) is 5.82 Å². The summed E-state index contributed by atoms with van der Waals surface area (Å²) in [6.07, 6.45) is 1.14. The van der Waals surface area contributed by atoms with Gasteiger partial charge in [-0.2, -0.15) is 0 Å². The number of nitrogens with one attached hydrogen (secondary N) is 1. The van der Waals surface area contributed by atoms with Crippen molar-refractivity contribution < 1.29 is 22.6 Å². The lowest BCUT2D eigenvalue weighted by Gasteiger charge is -2.37. The second kappa shape index (κ2) is 9.07. The van der Waals surface area contributed by atoms with Crippen LogP contribution in [0.4, 0.5) is 4.39 Å². The first-order valence-electron chi connectivity index (χ1n) is 11.5. The summed E-state index contributed by atoms with van der Waals surface area (Å²) in [7, 11) is -1.95. The molecule has 10 heteroatoms. The molecule has 1 saturated carbocycles. The standard InChI is InChI=1S/C24H31FN4O4Si/c1-14(33-34(5,6)24(2,3)4)22-27-28-23(31-22)16-11-18(12-16)26-21(30)19-13-20(32-29-19)15-7-9-17(25)10-8-15/h7-10,13-14,16,18H,11-12H2,1-6H3,(H,26,30)/t14-,16-,18-/m1/s1. The first kappa shape index (κ1) is 24.3. The molecule has 0 aliphatic heterocycles. The maximum absolute atomic E-state index is 13.1. The Morgan fingerprint density at radius 1 is 1.21 bits per heavy atom. The van der Waals surface area contributed by atoms with Crippen molar-refractivity contribution in [2.24, 2.45) is 0 Å². The maximum atomic E-state index is 13.1. The maximum Gasteiger partial charge on any atom is 0.273 e. The molecular weight excluding hydrogens is 455 g/mol. The van der Waals surface area contributed by atoms with E-state index in [1.807, 2.05) is 6.92 Å². The summed E-state index contributed by atoms with van der Waals surface area (Å²) in [6.45, 7) is 12.9. The molecule has 1 aliphatic rings. The van der Waals surface area contributed by atoms with E-state index in [9.17, 15) is 9.18 Å². The van der Waals surface area contributed by atoms with E-state index in [4.69, 9.17) is 13.4 Å². The van der Waals surface area contributed by atoms with Crippen LogP contribution in [0.3, 0.4) is 0 Å². The van der Waals surface area contributed by atoms with E-state index in [0.717, 1.165) is 0 Å². The van der Waals surface area contributed by atoms with Crippen LogP contribution in [0.25, 0.3) is 11.3 Å². The van der Waals surface area contributed by atoms with Gasteiger partial charge in [0.2, 0.25) is 11.8 Å². The third kappa shape index (κ3) is 5.12. The quantitative estimate of drug-likeness (QED) is 0.432. The van der Waals surface area contributed by atoms with Gasteiger partial charge in [0.1, 0.15) is 11.9 Å². The van der Waals surface area contributed by atoms with E-state index in [-0.39, 0.29) is 40.5 Å². The molecule has 8 nitrogen and oxygen atoms in total. The normalized spacial score (nSPS) is 19.5. The van der Waals surface area contributed by atoms with Crippen LogP contribution >= 0.6 is 0 Å². The summed E-state index contributed by atoms with van der Waals surface area (Å²) in [4.78, 5) is 12.5. The molecule has 1 atom stereocenters. The molecule has 1 amide bonds. The average Bonchev–Trinajstić information content (AvgIpc) is 3.40. The molecule has 1 aliphatic carbocycles. The third-order valence-corrected chi connectivity index (χ3v) is 11.3. The van der Waals surface area contributed by atoms with E-state index in [0.29, 0.717) is 35.9 Å². The monoisotopic (exact) mass is 486 g/mol. The Bertz CT molecular complexity index is 1150. The number of rotatable bonds is 7. The van der Waals surface area contributed by atoms with E-state index in [2.05, 4.69) is 54.5 Å². The van der Waals surface area contributed by atoms with Gasteiger partial charge < -0.3 is 18.7 Å². The van der Waals surface area contributed by atoms with Crippen molar-refractivity contribution in [3.63, 3.8) is 0 Å². The van der Waals surface area contributed by atoms with Crippen molar-refractivity contribution in [2.75, 3.05) is 0 Å². The smallest absolute Gasteiger partial charge is 0.273 e. The average molecular weight is 487 g/mol. The van der Waals surface area contributed by atoms with Gasteiger partial charge in [0.05, 0.1) is 0 Å². The lowest BCUT2D eigenvalue weighted by molar-refractivity contribution is 0.0892. The second-order valence-corrected chi connectivity index (χ2v) is 15.2. The molecule has 2 aromatic heterocycles. The summed E-state index contributed by atoms with van der Waals surface area (Å²) < 4.78 is 30.6. The van der Waals surface area contributed by atoms with Crippen molar-refractivity contribution in [3.05, 3.63) is 53.6 Å². The van der Waals surface area contributed by atoms with Crippen molar-refractivity contribution in [1.82, 2.24) is 20.7 Å². The van der Waals surface area contributed by atoms with Crippen LogP contribution < -0.4 is 5.32 Å². The van der Waals surface area contributed by atoms with Gasteiger partial charge in [0, 0.05) is 23.6 Å². The van der Waals surface area contributed by atoms with E-state index in [1.54, 1.807) is 18.2 Å². The van der Waals surface area contributed by atoms with Gasteiger partial charge in [-0.15, -0.1) is 10.2 Å². The Hall–Kier alpha value is -2.85. The molecule has 0 saturated heterocycles. The predicted octanol–water partition coefficient (Wildman–Crippen LogP) is 5.62. The van der Waals surface area contributed by atoms with Gasteiger partial charge in [0.15, 0.2) is 19.8 Å². The summed E-state index contributed by atoms with van der Waals surface area (Å²) in [5.74, 6) is 0.909. The molecule has 0 unspecified atom stereocenters. The lowest BCUT2D eigenvalue weighted by atomic mass is 9.80. The van der Waals surface area contributed by atoms with Crippen LogP contribution in [0.2, 0.25) is 18.1 Å². The van der Waals surface area contributed by atoms with E-state index in [1.165, 1.54) is 12.1 Å². The number of benzene rings is 1. The van der Waals surface area contributed by atoms with E-state index < -0.39 is 8.32 Å². The first-order valence-corrected chi connectivity index (χ1v) is 14.4. The van der Waals surface area contributed by atoms with Crippen molar-refractivity contribution in [1.29, 1.82) is 0 Å². The zero-order chi connectivity index (χ0) is 24.7. The largest absolute Gasteiger partial charge is 0.422 e. The molecule has 34 heavy (non-hydrogen) atoms. The van der Waals surface area contributed by atoms with Crippen molar-refractivity contribution in [2.45, 2.75) is 76.7 Å². The highest BCUT2D eigenvalue weighted by molar-refractivity contribution is 6.74. The number of carbonyl (C=O) groups excluding carboxylic acids is 1. The molecule has 3 aromatic rings. The Labute approximate surface area is 199 Å². The van der Waals surface area contributed by atoms with Gasteiger partial charge in [-0.25, -0.2) is 4.39 Å². The number of hydrogen-bond acceptors (Lipinski definition) is 7. The highest BCUT2D eigenvalue weighted by Gasteiger charge is 2.40. The molecule has 0 radical (unpaired) electrons. The number of aromatic nitrogens is 3. The lowest BCUT2D eigenvalue weighted by Crippen LogP contribution is -2.43. The van der Waals surface area contributed by atoms with Crippen LogP contribution in [0.15, 0.2) is 39.3 Å². The molecule has 182 valence electrons. The van der Waals surface area contributed by atoms with Crippen LogP contribution in [0.1, 0.15) is 74.8 Å². The van der Waals surface area contributed by atoms with Gasteiger partial charge in [-0.05, 0) is 62.2 Å². The molecule has 0 spiro atoms. The van der Waals surface area contributed by atoms with Crippen molar-refractivity contribution in [3.8, 4) is 11.3 Å². The molecular formula is C24H31FN4O4Si. The summed E-state index contributed by atoms with van der Waals surface area (Å²) in [5, 5.41) is 15.3. The first-order chi connectivity index (χ1) is 15.9. The highest BCUT2D eigenvalue weighted by atomic mass is 28.4.